The van der Waals surface area contributed by atoms with Gasteiger partial charge in [-0.2, -0.15) is 10.5 Å². The van der Waals surface area contributed by atoms with Crippen LogP contribution < -0.4 is 28.7 Å². The Morgan fingerprint density at radius 3 is 1.72 bits per heavy atom. The van der Waals surface area contributed by atoms with Crippen molar-refractivity contribution in [2.45, 2.75) is 58.3 Å². The predicted octanol–water partition coefficient (Wildman–Crippen LogP) is 13.3. The van der Waals surface area contributed by atoms with Gasteiger partial charge in [0, 0.05) is 28.9 Å². The molecule has 2 aliphatic carbocycles. The number of allylic oxidation sites excluding steroid dienone is 4. The van der Waals surface area contributed by atoms with Crippen molar-refractivity contribution in [3.8, 4) is 89.4 Å². The normalized spacial score (nSPS) is 16.9. The van der Waals surface area contributed by atoms with Crippen molar-refractivity contribution in [3.63, 3.8) is 0 Å². The number of anilines is 2. The molecule has 67 heavy (non-hydrogen) atoms. The van der Waals surface area contributed by atoms with Crippen LogP contribution in [0.1, 0.15) is 69.7 Å². The summed E-state index contributed by atoms with van der Waals surface area (Å²) >= 11 is 0. The van der Waals surface area contributed by atoms with Crippen LogP contribution in [0.3, 0.4) is 0 Å². The first-order valence-electron chi connectivity index (χ1n) is 21.9. The maximum atomic E-state index is 10.5. The quantitative estimate of drug-likeness (QED) is 0.0758. The van der Waals surface area contributed by atoms with Crippen LogP contribution in [-0.4, -0.2) is 19.6 Å². The summed E-state index contributed by atoms with van der Waals surface area (Å²) in [7, 11) is 0. The van der Waals surface area contributed by atoms with Gasteiger partial charge in [-0.05, 0) is 132 Å². The third kappa shape index (κ3) is 9.38. The summed E-state index contributed by atoms with van der Waals surface area (Å²) in [6.07, 6.45) is 24.0. The van der Waals surface area contributed by atoms with E-state index < -0.39 is 5.41 Å². The minimum Gasteiger partial charge on any atom is -0.456 e. The van der Waals surface area contributed by atoms with Gasteiger partial charge in [0.15, 0.2) is 0 Å². The zero-order valence-corrected chi connectivity index (χ0v) is 38.7. The molecule has 0 heterocycles. The highest BCUT2D eigenvalue weighted by atomic mass is 16.5. The molecule has 0 aromatic heterocycles. The van der Waals surface area contributed by atoms with E-state index in [4.69, 9.17) is 44.8 Å². The summed E-state index contributed by atoms with van der Waals surface area (Å²) in [6, 6.07) is 36.3. The van der Waals surface area contributed by atoms with Gasteiger partial charge in [0.25, 0.3) is 0 Å². The third-order valence-corrected chi connectivity index (χ3v) is 12.4. The Kier molecular flexibility index (Phi) is 13.4. The molecule has 0 saturated heterocycles. The van der Waals surface area contributed by atoms with Crippen molar-refractivity contribution in [1.82, 2.24) is 0 Å². The van der Waals surface area contributed by atoms with E-state index in [2.05, 4.69) is 82.4 Å². The molecule has 1 saturated carbocycles. The van der Waals surface area contributed by atoms with E-state index in [1.165, 1.54) is 5.56 Å². The number of rotatable bonds is 15. The molecule has 0 bridgehead atoms. The second-order valence-corrected chi connectivity index (χ2v) is 17.8. The first-order chi connectivity index (χ1) is 32.2. The summed E-state index contributed by atoms with van der Waals surface area (Å²) in [5, 5.41) is 21.0. The smallest absolute Gasteiger partial charge is 0.149 e. The zero-order valence-electron chi connectivity index (χ0n) is 38.7. The highest BCUT2D eigenvalue weighted by Gasteiger charge is 2.57. The van der Waals surface area contributed by atoms with E-state index in [1.54, 1.807) is 42.6 Å². The molecule has 8 nitrogen and oxygen atoms in total. The number of hydrogen-bond acceptors (Lipinski definition) is 8. The topological polar surface area (TPSA) is 91.0 Å². The van der Waals surface area contributed by atoms with E-state index in [0.717, 1.165) is 40.9 Å². The van der Waals surface area contributed by atoms with E-state index >= 15 is 0 Å². The maximum absolute atomic E-state index is 10.5. The van der Waals surface area contributed by atoms with E-state index in [-0.39, 0.29) is 22.0 Å². The van der Waals surface area contributed by atoms with Gasteiger partial charge in [-0.15, -0.1) is 19.3 Å². The average Bonchev–Trinajstić information content (AvgIpc) is 3.65. The van der Waals surface area contributed by atoms with Crippen LogP contribution in [0.2, 0.25) is 0 Å². The molecule has 0 N–H and O–H groups in total. The van der Waals surface area contributed by atoms with Crippen molar-refractivity contribution in [2.75, 3.05) is 29.4 Å². The number of fused-ring (bicyclic) bond motifs is 2. The Labute approximate surface area is 395 Å². The minimum atomic E-state index is -0.468. The third-order valence-electron chi connectivity index (χ3n) is 12.4. The Morgan fingerprint density at radius 2 is 1.16 bits per heavy atom. The van der Waals surface area contributed by atoms with Crippen LogP contribution in [0.25, 0.3) is 0 Å². The first kappa shape index (κ1) is 46.5. The molecule has 5 aromatic carbocycles. The molecule has 2 aliphatic rings. The second-order valence-electron chi connectivity index (χ2n) is 17.8. The molecule has 1 unspecified atom stereocenters. The fraction of sp³-hybridized carbons (Fsp3) is 0.220. The van der Waals surface area contributed by atoms with E-state index in [9.17, 15) is 10.5 Å². The van der Waals surface area contributed by atoms with Gasteiger partial charge >= 0.3 is 0 Å². The maximum Gasteiger partial charge on any atom is 0.149 e. The summed E-state index contributed by atoms with van der Waals surface area (Å²) < 4.78 is 25.9. The Morgan fingerprint density at radius 1 is 0.657 bits per heavy atom. The van der Waals surface area contributed by atoms with Crippen molar-refractivity contribution in [1.29, 1.82) is 10.5 Å². The lowest BCUT2D eigenvalue weighted by atomic mass is 9.73. The van der Waals surface area contributed by atoms with E-state index in [0.29, 0.717) is 65.6 Å². The lowest BCUT2D eigenvalue weighted by molar-refractivity contribution is 0.331. The number of nitrogens with zero attached hydrogens (tertiary/aromatic N) is 4. The molecular weight excluding hydrogens is 829 g/mol. The van der Waals surface area contributed by atoms with Crippen molar-refractivity contribution < 1.29 is 18.9 Å². The molecule has 5 aromatic rings. The largest absolute Gasteiger partial charge is 0.456 e. The predicted molar refractivity (Wildman–Crippen MR) is 267 cm³/mol. The number of benzene rings is 5. The molecule has 8 heteroatoms. The molecule has 1 atom stereocenters. The van der Waals surface area contributed by atoms with Crippen LogP contribution >= 0.6 is 0 Å². The van der Waals surface area contributed by atoms with Gasteiger partial charge in [-0.1, -0.05) is 88.9 Å². The van der Waals surface area contributed by atoms with Crippen LogP contribution in [0.15, 0.2) is 152 Å². The van der Waals surface area contributed by atoms with Crippen LogP contribution in [0.4, 0.5) is 11.4 Å². The molecule has 1 fully saturated rings. The first-order valence-corrected chi connectivity index (χ1v) is 21.9. The number of terminal acetylenes is 3. The number of hydrogen-bond donors (Lipinski definition) is 0. The van der Waals surface area contributed by atoms with Crippen LogP contribution in [-0.2, 0) is 10.8 Å². The lowest BCUT2D eigenvalue weighted by Gasteiger charge is -2.30. The van der Waals surface area contributed by atoms with Crippen LogP contribution in [0, 0.1) is 65.1 Å². The highest BCUT2D eigenvalue weighted by molar-refractivity contribution is 5.65. The fourth-order valence-electron chi connectivity index (χ4n) is 9.44. The highest BCUT2D eigenvalue weighted by Crippen LogP contribution is 2.66. The molecular formula is C59H52N4O4. The molecule has 0 amide bonds. The van der Waals surface area contributed by atoms with Gasteiger partial charge in [-0.25, -0.2) is 0 Å². The monoisotopic (exact) mass is 880 g/mol. The summed E-state index contributed by atoms with van der Waals surface area (Å²) in [6.45, 7) is 20.5. The molecule has 1 spiro atoms. The Hall–Kier alpha value is -8.48. The number of nitriles is 2. The van der Waals surface area contributed by atoms with Gasteiger partial charge in [0.2, 0.25) is 0 Å². The van der Waals surface area contributed by atoms with Gasteiger partial charge in [0.1, 0.15) is 69.3 Å². The van der Waals surface area contributed by atoms with Gasteiger partial charge < -0.3 is 28.7 Å². The minimum absolute atomic E-state index is 0.207. The van der Waals surface area contributed by atoms with Crippen molar-refractivity contribution in [3.05, 3.63) is 174 Å². The van der Waals surface area contributed by atoms with Gasteiger partial charge in [-0.3, -0.25) is 0 Å². The SMILES string of the molecule is C#CCN(C=C)c1cccc(Oc2cccc(OC(=C/C)/C=C3\C(=C)C(C)(C)CC34CC(C)(C)c3ccc(Oc5cccc(Oc6cccc(N(CC#C)CC#C)c6)c5C#N)cc34)c2C#N)c1. The standard InChI is InChI=1S/C59H52N4O4/c1-11-30-62(15-5)42-20-16-22-45(33-42)65-54-25-18-24-53(48(54)37-60)64-44(14-4)35-51-41(6)57(7,8)39-59(51)40-58(9,10)50-29-28-47(36-52(50)59)67-56-27-19-26-55(49(56)38-61)66-46-23-17-21-43(34-46)63(31-12-2)32-13-3/h1-3,14-29,33-36H,5-6,30-32,39-40H2,4,7-10H3/b44-14+,51-35+. The van der Waals surface area contributed by atoms with E-state index in [1.807, 2.05) is 77.4 Å². The molecule has 0 radical (unpaired) electrons. The second kappa shape index (κ2) is 19.3. The molecule has 332 valence electrons. The number of ether oxygens (including phenoxy) is 4. The molecule has 7 rings (SSSR count). The van der Waals surface area contributed by atoms with Crippen LogP contribution in [0.5, 0.6) is 40.2 Å². The summed E-state index contributed by atoms with van der Waals surface area (Å²) in [5.41, 5.74) is 5.54. The summed E-state index contributed by atoms with van der Waals surface area (Å²) in [4.78, 5) is 3.71. The lowest BCUT2D eigenvalue weighted by Crippen LogP contribution is -2.26. The van der Waals surface area contributed by atoms with Crippen molar-refractivity contribution >= 4 is 11.4 Å². The zero-order chi connectivity index (χ0) is 47.9. The average molecular weight is 881 g/mol. The molecule has 0 aliphatic heterocycles. The van der Waals surface area contributed by atoms with Gasteiger partial charge in [0.05, 0.1) is 19.6 Å². The summed E-state index contributed by atoms with van der Waals surface area (Å²) in [5.74, 6) is 11.5. The fourth-order valence-corrected chi connectivity index (χ4v) is 9.44. The Balaban J connectivity index is 1.21. The van der Waals surface area contributed by atoms with Crippen molar-refractivity contribution in [2.24, 2.45) is 5.41 Å². The Bertz CT molecular complexity index is 3030.